The smallest absolute Gasteiger partial charge is 0.195 e. The molecule has 3 heterocycles. The standard InChI is InChI=1S/C29H35FO2S.C19H16FIS/c1-7-26-19(4)18(3)21(6)29(31,32-26)23-11-8-17(2)25(16-23)20(5)27-14-15-28(33-27)22-9-12-24(30)13-10-22;1-12-3-8-16(21)11-17(12)13(2)18-9-10-19(22-18)14-4-6-15(20)7-5-14/h8-16,18-21,26,31H,7H2,1-6H3;3-11,13H,1-2H3/t18-,19-,20?,21+,26+,29+;/m0./s1. The molecule has 1 N–H and O–H groups in total. The van der Waals surface area contributed by atoms with Crippen molar-refractivity contribution < 1.29 is 18.6 Å². The Morgan fingerprint density at radius 1 is 0.673 bits per heavy atom. The first-order valence-corrected chi connectivity index (χ1v) is 21.9. The van der Waals surface area contributed by atoms with Crippen molar-refractivity contribution in [2.75, 3.05) is 0 Å². The van der Waals surface area contributed by atoms with Gasteiger partial charge in [-0.2, -0.15) is 0 Å². The van der Waals surface area contributed by atoms with E-state index >= 15 is 0 Å². The van der Waals surface area contributed by atoms with Gasteiger partial charge in [-0.25, -0.2) is 8.78 Å². The summed E-state index contributed by atoms with van der Waals surface area (Å²) in [4.78, 5) is 4.89. The molecule has 0 amide bonds. The molecule has 0 saturated carbocycles. The molecule has 288 valence electrons. The molecule has 7 heteroatoms. The third kappa shape index (κ3) is 9.02. The second kappa shape index (κ2) is 17.5. The second-order valence-electron chi connectivity index (χ2n) is 15.2. The van der Waals surface area contributed by atoms with Crippen molar-refractivity contribution in [1.82, 2.24) is 0 Å². The molecule has 0 bridgehead atoms. The van der Waals surface area contributed by atoms with Crippen LogP contribution in [0.3, 0.4) is 0 Å². The number of rotatable bonds is 8. The van der Waals surface area contributed by atoms with Crippen LogP contribution in [0.25, 0.3) is 20.9 Å². The summed E-state index contributed by atoms with van der Waals surface area (Å²) in [6, 6.07) is 34.8. The van der Waals surface area contributed by atoms with Crippen LogP contribution >= 0.6 is 45.3 Å². The Kier molecular flexibility index (Phi) is 13.2. The molecule has 55 heavy (non-hydrogen) atoms. The van der Waals surface area contributed by atoms with E-state index < -0.39 is 5.79 Å². The number of halogens is 3. The predicted octanol–water partition coefficient (Wildman–Crippen LogP) is 14.5. The fourth-order valence-corrected chi connectivity index (χ4v) is 10.5. The minimum atomic E-state index is -1.29. The van der Waals surface area contributed by atoms with E-state index in [0.717, 1.165) is 28.0 Å². The maximum atomic E-state index is 13.3. The average molecular weight is 889 g/mol. The van der Waals surface area contributed by atoms with Gasteiger partial charge in [-0.15, -0.1) is 22.7 Å². The molecule has 2 aromatic heterocycles. The molecule has 7 rings (SSSR count). The molecule has 1 fully saturated rings. The molecule has 1 aliphatic rings. The lowest BCUT2D eigenvalue weighted by Crippen LogP contribution is -2.51. The van der Waals surface area contributed by atoms with Crippen LogP contribution in [0, 0.1) is 46.8 Å². The molecule has 4 aromatic carbocycles. The van der Waals surface area contributed by atoms with E-state index in [4.69, 9.17) is 4.74 Å². The molecule has 0 spiro atoms. The van der Waals surface area contributed by atoms with Crippen LogP contribution in [0.15, 0.2) is 109 Å². The normalized spacial score (nSPS) is 22.1. The van der Waals surface area contributed by atoms with Gasteiger partial charge in [0.05, 0.1) is 6.10 Å². The lowest BCUT2D eigenvalue weighted by atomic mass is 9.72. The van der Waals surface area contributed by atoms with Crippen LogP contribution in [0.1, 0.15) is 97.4 Å². The monoisotopic (exact) mass is 888 g/mol. The van der Waals surface area contributed by atoms with Crippen LogP contribution in [0.2, 0.25) is 0 Å². The Balaban J connectivity index is 0.000000203. The second-order valence-corrected chi connectivity index (χ2v) is 18.7. The predicted molar refractivity (Wildman–Crippen MR) is 236 cm³/mol. The van der Waals surface area contributed by atoms with Gasteiger partial charge in [-0.1, -0.05) is 84.0 Å². The van der Waals surface area contributed by atoms with Gasteiger partial charge in [0.2, 0.25) is 0 Å². The highest BCUT2D eigenvalue weighted by Gasteiger charge is 2.49. The number of ether oxygens (including phenoxy) is 1. The minimum Gasteiger partial charge on any atom is -0.362 e. The van der Waals surface area contributed by atoms with E-state index in [0.29, 0.717) is 17.8 Å². The zero-order valence-electron chi connectivity index (χ0n) is 32.9. The zero-order valence-corrected chi connectivity index (χ0v) is 36.7. The first-order chi connectivity index (χ1) is 26.2. The minimum absolute atomic E-state index is 0.00650. The summed E-state index contributed by atoms with van der Waals surface area (Å²) in [6.07, 6.45) is 0.927. The first kappa shape index (κ1) is 41.4. The number of hydrogen-bond acceptors (Lipinski definition) is 4. The van der Waals surface area contributed by atoms with Crippen molar-refractivity contribution in [3.63, 3.8) is 0 Å². The third-order valence-electron chi connectivity index (χ3n) is 11.8. The summed E-state index contributed by atoms with van der Waals surface area (Å²) >= 11 is 5.88. The Morgan fingerprint density at radius 3 is 1.64 bits per heavy atom. The fourth-order valence-electron chi connectivity index (χ4n) is 7.81. The van der Waals surface area contributed by atoms with E-state index in [9.17, 15) is 13.9 Å². The average Bonchev–Trinajstić information content (AvgIpc) is 3.89. The van der Waals surface area contributed by atoms with Gasteiger partial charge in [-0.05, 0) is 155 Å². The van der Waals surface area contributed by atoms with E-state index in [1.165, 1.54) is 64.7 Å². The van der Waals surface area contributed by atoms with Crippen LogP contribution in [-0.2, 0) is 10.5 Å². The summed E-state index contributed by atoms with van der Waals surface area (Å²) in [5, 5.41) is 11.8. The Hall–Kier alpha value is -3.21. The Bertz CT molecular complexity index is 2210. The van der Waals surface area contributed by atoms with Crippen molar-refractivity contribution in [3.05, 3.63) is 162 Å². The SMILES string of the molecule is CC[C@H]1O[C@@](O)(c2ccc(C)c(C(C)c3ccc(-c4ccc(F)cc4)s3)c2)[C@H](C)[C@@H](C)[C@@H]1C.Cc1ccc(I)cc1C(C)c1ccc(-c2ccc(F)cc2)s1. The summed E-state index contributed by atoms with van der Waals surface area (Å²) < 4.78 is 34.0. The van der Waals surface area contributed by atoms with Gasteiger partial charge in [-0.3, -0.25) is 0 Å². The van der Waals surface area contributed by atoms with Crippen molar-refractivity contribution >= 4 is 45.3 Å². The molecule has 2 unspecified atom stereocenters. The van der Waals surface area contributed by atoms with Gasteiger partial charge in [0.25, 0.3) is 0 Å². The molecular formula is C48H51F2IO2S2. The van der Waals surface area contributed by atoms with Gasteiger partial charge in [0.1, 0.15) is 11.6 Å². The van der Waals surface area contributed by atoms with Crippen molar-refractivity contribution in [1.29, 1.82) is 0 Å². The van der Waals surface area contributed by atoms with Gasteiger partial charge in [0, 0.05) is 46.4 Å². The summed E-state index contributed by atoms with van der Waals surface area (Å²) in [5.41, 5.74) is 8.04. The maximum absolute atomic E-state index is 13.3. The quantitative estimate of drug-likeness (QED) is 0.154. The van der Waals surface area contributed by atoms with Crippen LogP contribution in [0.4, 0.5) is 8.78 Å². The highest BCUT2D eigenvalue weighted by molar-refractivity contribution is 14.1. The summed E-state index contributed by atoms with van der Waals surface area (Å²) in [7, 11) is 0. The van der Waals surface area contributed by atoms with Crippen molar-refractivity contribution in [3.8, 4) is 20.9 Å². The highest BCUT2D eigenvalue weighted by Crippen LogP contribution is 2.47. The lowest BCUT2D eigenvalue weighted by Gasteiger charge is -2.49. The topological polar surface area (TPSA) is 29.5 Å². The van der Waals surface area contributed by atoms with Crippen molar-refractivity contribution in [2.24, 2.45) is 17.8 Å². The van der Waals surface area contributed by atoms with E-state index in [-0.39, 0.29) is 29.6 Å². The summed E-state index contributed by atoms with van der Waals surface area (Å²) in [6.45, 7) is 17.4. The number of benzene rings is 4. The molecule has 6 aromatic rings. The Labute approximate surface area is 347 Å². The van der Waals surface area contributed by atoms with Gasteiger partial charge in [0.15, 0.2) is 5.79 Å². The lowest BCUT2D eigenvalue weighted by molar-refractivity contribution is -0.316. The molecule has 0 radical (unpaired) electrons. The molecule has 1 aliphatic heterocycles. The molecular weight excluding hydrogens is 838 g/mol. The maximum Gasteiger partial charge on any atom is 0.195 e. The number of thiophene rings is 2. The van der Waals surface area contributed by atoms with Crippen molar-refractivity contribution in [2.45, 2.75) is 85.5 Å². The highest BCUT2D eigenvalue weighted by atomic mass is 127. The number of aliphatic hydroxyl groups is 1. The van der Waals surface area contributed by atoms with E-state index in [2.05, 4.69) is 133 Å². The van der Waals surface area contributed by atoms with Crippen LogP contribution in [0.5, 0.6) is 0 Å². The third-order valence-corrected chi connectivity index (χ3v) is 15.1. The summed E-state index contributed by atoms with van der Waals surface area (Å²) in [5.74, 6) is -0.405. The molecule has 7 atom stereocenters. The Morgan fingerprint density at radius 2 is 1.15 bits per heavy atom. The van der Waals surface area contributed by atoms with E-state index in [1.54, 1.807) is 22.7 Å². The first-order valence-electron chi connectivity index (χ1n) is 19.2. The van der Waals surface area contributed by atoms with E-state index in [1.807, 2.05) is 30.3 Å². The fraction of sp³-hybridized carbons (Fsp3) is 0.333. The molecule has 0 aliphatic carbocycles. The van der Waals surface area contributed by atoms with Crippen LogP contribution in [-0.4, -0.2) is 11.2 Å². The van der Waals surface area contributed by atoms with Gasteiger partial charge >= 0.3 is 0 Å². The molecule has 2 nitrogen and oxygen atoms in total. The number of hydrogen-bond donors (Lipinski definition) is 1. The molecule has 1 saturated heterocycles. The van der Waals surface area contributed by atoms with Gasteiger partial charge < -0.3 is 9.84 Å². The largest absolute Gasteiger partial charge is 0.362 e. The number of aryl methyl sites for hydroxylation is 2. The van der Waals surface area contributed by atoms with Crippen LogP contribution < -0.4 is 0 Å². The zero-order chi connectivity index (χ0) is 39.6.